The zero-order valence-corrected chi connectivity index (χ0v) is 20.6. The summed E-state index contributed by atoms with van der Waals surface area (Å²) in [5.41, 5.74) is -2.15. The fourth-order valence-electron chi connectivity index (χ4n) is 5.11. The number of phenolic OH excluding ortho intramolecular Hbond substituents is 3. The molecule has 216 valence electrons. The molecule has 0 spiro atoms. The lowest BCUT2D eigenvalue weighted by Crippen LogP contribution is -2.55. The maximum atomic E-state index is 13.4. The summed E-state index contributed by atoms with van der Waals surface area (Å²) in [4.78, 5) is 13.4. The van der Waals surface area contributed by atoms with Crippen LogP contribution in [0.2, 0.25) is 0 Å². The molecular formula is C26H28O14. The van der Waals surface area contributed by atoms with Crippen LogP contribution in [0.1, 0.15) is 23.3 Å². The Kier molecular flexibility index (Phi) is 7.47. The second-order valence-corrected chi connectivity index (χ2v) is 9.80. The van der Waals surface area contributed by atoms with E-state index in [2.05, 4.69) is 0 Å². The maximum absolute atomic E-state index is 13.4. The molecule has 3 heterocycles. The van der Waals surface area contributed by atoms with Crippen LogP contribution in [0.15, 0.2) is 39.5 Å². The lowest BCUT2D eigenvalue weighted by Gasteiger charge is -2.41. The summed E-state index contributed by atoms with van der Waals surface area (Å²) in [6.45, 7) is -1.34. The minimum Gasteiger partial charge on any atom is -0.508 e. The number of ether oxygens (including phenoxy) is 2. The Hall–Kier alpha value is -3.31. The number of fused-ring (bicyclic) bond motifs is 1. The molecule has 2 aromatic carbocycles. The van der Waals surface area contributed by atoms with Crippen LogP contribution in [0.3, 0.4) is 0 Å². The molecule has 0 amide bonds. The van der Waals surface area contributed by atoms with Gasteiger partial charge in [-0.05, 0) is 24.3 Å². The Bertz CT molecular complexity index is 1450. The third-order valence-corrected chi connectivity index (χ3v) is 7.31. The molecule has 40 heavy (non-hydrogen) atoms. The van der Waals surface area contributed by atoms with E-state index in [1.54, 1.807) is 0 Å². The van der Waals surface area contributed by atoms with Gasteiger partial charge in [-0.2, -0.15) is 0 Å². The lowest BCUT2D eigenvalue weighted by molar-refractivity contribution is -0.232. The van der Waals surface area contributed by atoms with Crippen molar-refractivity contribution < 1.29 is 65.0 Å². The van der Waals surface area contributed by atoms with Gasteiger partial charge in [-0.25, -0.2) is 0 Å². The lowest BCUT2D eigenvalue weighted by atomic mass is 9.85. The molecule has 10 N–H and O–H groups in total. The minimum absolute atomic E-state index is 0.0710. The van der Waals surface area contributed by atoms with Crippen LogP contribution in [-0.2, 0) is 9.47 Å². The molecule has 0 bridgehead atoms. The number of aromatic hydroxyl groups is 3. The van der Waals surface area contributed by atoms with Gasteiger partial charge in [0.05, 0.1) is 24.3 Å². The van der Waals surface area contributed by atoms with Crippen LogP contribution in [0.4, 0.5) is 0 Å². The molecule has 0 aliphatic carbocycles. The third-order valence-electron chi connectivity index (χ3n) is 7.31. The van der Waals surface area contributed by atoms with Gasteiger partial charge < -0.3 is 65.0 Å². The summed E-state index contributed by atoms with van der Waals surface area (Å²) in [6.07, 6.45) is -15.7. The first kappa shape index (κ1) is 28.2. The second-order valence-electron chi connectivity index (χ2n) is 9.80. The zero-order valence-electron chi connectivity index (χ0n) is 20.6. The van der Waals surface area contributed by atoms with Crippen molar-refractivity contribution in [3.8, 4) is 28.6 Å². The molecule has 1 aromatic heterocycles. The van der Waals surface area contributed by atoms with Crippen LogP contribution in [0.5, 0.6) is 17.2 Å². The normalized spacial score (nSPS) is 32.8. The molecule has 2 saturated heterocycles. The average Bonchev–Trinajstić information content (AvgIpc) is 2.92. The van der Waals surface area contributed by atoms with Crippen LogP contribution < -0.4 is 5.43 Å². The van der Waals surface area contributed by atoms with Crippen molar-refractivity contribution in [2.24, 2.45) is 0 Å². The first-order chi connectivity index (χ1) is 19.0. The van der Waals surface area contributed by atoms with Crippen molar-refractivity contribution in [2.45, 2.75) is 54.9 Å². The topological polar surface area (TPSA) is 251 Å². The van der Waals surface area contributed by atoms with E-state index in [-0.39, 0.29) is 11.5 Å². The summed E-state index contributed by atoms with van der Waals surface area (Å²) in [5, 5.41) is 104. The van der Waals surface area contributed by atoms with Crippen molar-refractivity contribution in [3.63, 3.8) is 0 Å². The molecule has 9 atom stereocenters. The Morgan fingerprint density at radius 1 is 0.775 bits per heavy atom. The van der Waals surface area contributed by atoms with Crippen molar-refractivity contribution in [1.29, 1.82) is 0 Å². The molecule has 2 fully saturated rings. The minimum atomic E-state index is -1.98. The highest BCUT2D eigenvalue weighted by Gasteiger charge is 2.48. The van der Waals surface area contributed by atoms with Gasteiger partial charge in [-0.3, -0.25) is 4.79 Å². The summed E-state index contributed by atoms with van der Waals surface area (Å²) in [5.74, 6) is -2.01. The van der Waals surface area contributed by atoms with Crippen LogP contribution >= 0.6 is 0 Å². The Labute approximate surface area is 224 Å². The SMILES string of the molecule is O=c1cc(-c2ccc(O)cc2)oc2c(C3OC[C@H](O)[C@H](O)[C@H]3O)c(O)c([C@@H]3O[C@H](CO)[C@@H](O)[C@H](O)[C@H]3O)c(O)c12. The first-order valence-electron chi connectivity index (χ1n) is 12.3. The van der Waals surface area contributed by atoms with Gasteiger partial charge in [0.2, 0.25) is 0 Å². The van der Waals surface area contributed by atoms with Gasteiger partial charge in [0.1, 0.15) is 83.3 Å². The van der Waals surface area contributed by atoms with Crippen molar-refractivity contribution in [2.75, 3.05) is 13.2 Å². The standard InChI is InChI=1S/C26H28O14/c27-6-13-18(32)21(35)23(37)26(40-13)15-19(33)14-10(29)5-12(8-1-3-9(28)4-2-8)39-24(14)16(20(15)34)25-22(36)17(31)11(30)7-38-25/h1-5,11,13,17-18,21-23,25-28,30-37H,6-7H2/t11-,13+,17-,18+,21-,22+,23+,25?,26-/m0/s1. The van der Waals surface area contributed by atoms with Crippen LogP contribution in [-0.4, -0.2) is 107 Å². The zero-order chi connectivity index (χ0) is 29.0. The molecule has 2 aliphatic heterocycles. The molecule has 2 aliphatic rings. The number of rotatable bonds is 4. The van der Waals surface area contributed by atoms with Gasteiger partial charge >= 0.3 is 0 Å². The number of benzene rings is 2. The monoisotopic (exact) mass is 564 g/mol. The summed E-state index contributed by atoms with van der Waals surface area (Å²) in [6, 6.07) is 6.50. The van der Waals surface area contributed by atoms with E-state index >= 15 is 0 Å². The Balaban J connectivity index is 1.80. The first-order valence-corrected chi connectivity index (χ1v) is 12.3. The number of phenols is 3. The van der Waals surface area contributed by atoms with E-state index in [1.807, 2.05) is 0 Å². The summed E-state index contributed by atoms with van der Waals surface area (Å²) in [7, 11) is 0. The smallest absolute Gasteiger partial charge is 0.197 e. The maximum Gasteiger partial charge on any atom is 0.197 e. The average molecular weight is 564 g/mol. The summed E-state index contributed by atoms with van der Waals surface area (Å²) >= 11 is 0. The van der Waals surface area contributed by atoms with Crippen molar-refractivity contribution in [1.82, 2.24) is 0 Å². The molecule has 14 nitrogen and oxygen atoms in total. The van der Waals surface area contributed by atoms with E-state index in [0.29, 0.717) is 5.56 Å². The molecule has 0 saturated carbocycles. The molecule has 1 unspecified atom stereocenters. The van der Waals surface area contributed by atoms with E-state index in [1.165, 1.54) is 24.3 Å². The van der Waals surface area contributed by atoms with Gasteiger partial charge in [-0.1, -0.05) is 0 Å². The van der Waals surface area contributed by atoms with E-state index < -0.39 is 107 Å². The molecule has 0 radical (unpaired) electrons. The van der Waals surface area contributed by atoms with Gasteiger partial charge in [0.15, 0.2) is 11.0 Å². The largest absolute Gasteiger partial charge is 0.508 e. The van der Waals surface area contributed by atoms with Gasteiger partial charge in [0.25, 0.3) is 0 Å². The molecule has 5 rings (SSSR count). The number of hydrogen-bond donors (Lipinski definition) is 10. The summed E-state index contributed by atoms with van der Waals surface area (Å²) < 4.78 is 16.9. The quantitative estimate of drug-likeness (QED) is 0.169. The molecule has 14 heteroatoms. The molecule has 3 aromatic rings. The molecular weight excluding hydrogens is 536 g/mol. The fourth-order valence-corrected chi connectivity index (χ4v) is 5.11. The Morgan fingerprint density at radius 3 is 2.08 bits per heavy atom. The fraction of sp³-hybridized carbons (Fsp3) is 0.423. The number of aliphatic hydroxyl groups excluding tert-OH is 7. The van der Waals surface area contributed by atoms with E-state index in [9.17, 15) is 55.9 Å². The number of hydrogen-bond acceptors (Lipinski definition) is 14. The van der Waals surface area contributed by atoms with Crippen molar-refractivity contribution in [3.05, 3.63) is 51.7 Å². The third kappa shape index (κ3) is 4.49. The highest BCUT2D eigenvalue weighted by Crippen LogP contribution is 2.50. The predicted octanol–water partition coefficient (Wildman–Crippen LogP) is -1.75. The van der Waals surface area contributed by atoms with E-state index in [4.69, 9.17) is 13.9 Å². The van der Waals surface area contributed by atoms with Crippen LogP contribution in [0, 0.1) is 0 Å². The van der Waals surface area contributed by atoms with Gasteiger partial charge in [-0.15, -0.1) is 0 Å². The van der Waals surface area contributed by atoms with E-state index in [0.717, 1.165) is 6.07 Å². The van der Waals surface area contributed by atoms with Gasteiger partial charge in [0, 0.05) is 11.6 Å². The highest BCUT2D eigenvalue weighted by molar-refractivity contribution is 5.92. The van der Waals surface area contributed by atoms with Crippen LogP contribution in [0.25, 0.3) is 22.3 Å². The number of aliphatic hydroxyl groups is 7. The Morgan fingerprint density at radius 2 is 1.43 bits per heavy atom. The highest BCUT2D eigenvalue weighted by atomic mass is 16.5. The predicted molar refractivity (Wildman–Crippen MR) is 132 cm³/mol. The second kappa shape index (κ2) is 10.6. The van der Waals surface area contributed by atoms with Crippen molar-refractivity contribution >= 4 is 11.0 Å².